The van der Waals surface area contributed by atoms with Crippen LogP contribution in [-0.4, -0.2) is 19.1 Å². The van der Waals surface area contributed by atoms with E-state index in [0.717, 1.165) is 30.7 Å². The largest absolute Gasteiger partial charge is 0.492 e. The van der Waals surface area contributed by atoms with Gasteiger partial charge in [-0.25, -0.2) is 0 Å². The Balaban J connectivity index is 1.60. The van der Waals surface area contributed by atoms with Gasteiger partial charge >= 0.3 is 0 Å². The molecular weight excluding hydrogens is 288 g/mol. The minimum absolute atomic E-state index is 0.108. The monoisotopic (exact) mass is 310 g/mol. The van der Waals surface area contributed by atoms with E-state index in [4.69, 9.17) is 10.5 Å². The van der Waals surface area contributed by atoms with Gasteiger partial charge in [0.05, 0.1) is 5.41 Å². The molecule has 2 aromatic rings. The van der Waals surface area contributed by atoms with Crippen molar-refractivity contribution in [3.63, 3.8) is 0 Å². The van der Waals surface area contributed by atoms with Crippen molar-refractivity contribution in [1.82, 2.24) is 0 Å². The number of rotatable bonds is 7. The first kappa shape index (κ1) is 15.6. The Morgan fingerprint density at radius 1 is 1.09 bits per heavy atom. The Labute approximate surface area is 136 Å². The molecule has 4 heteroatoms. The second kappa shape index (κ2) is 6.84. The standard InChI is InChI=1S/C19H22N2O2/c20-12-13-23-17-8-6-16(7-9-17)21-18(22)19(10-11-19)14-15-4-2-1-3-5-15/h1-9H,10-14,20H2,(H,21,22). The van der Waals surface area contributed by atoms with Crippen LogP contribution in [0.5, 0.6) is 5.75 Å². The lowest BCUT2D eigenvalue weighted by atomic mass is 9.95. The highest BCUT2D eigenvalue weighted by atomic mass is 16.5. The highest BCUT2D eigenvalue weighted by molar-refractivity contribution is 5.97. The molecule has 23 heavy (non-hydrogen) atoms. The maximum absolute atomic E-state index is 12.6. The van der Waals surface area contributed by atoms with Gasteiger partial charge < -0.3 is 15.8 Å². The summed E-state index contributed by atoms with van der Waals surface area (Å²) >= 11 is 0. The van der Waals surface area contributed by atoms with Gasteiger partial charge in [0.2, 0.25) is 5.91 Å². The van der Waals surface area contributed by atoms with Crippen molar-refractivity contribution in [2.45, 2.75) is 19.3 Å². The molecule has 0 spiro atoms. The SMILES string of the molecule is NCCOc1ccc(NC(=O)C2(Cc3ccccc3)CC2)cc1. The zero-order valence-corrected chi connectivity index (χ0v) is 13.1. The van der Waals surface area contributed by atoms with Crippen molar-refractivity contribution in [2.24, 2.45) is 11.1 Å². The fraction of sp³-hybridized carbons (Fsp3) is 0.316. The highest BCUT2D eigenvalue weighted by Crippen LogP contribution is 2.49. The Morgan fingerprint density at radius 3 is 2.39 bits per heavy atom. The van der Waals surface area contributed by atoms with E-state index in [1.165, 1.54) is 5.56 Å². The predicted octanol–water partition coefficient (Wildman–Crippen LogP) is 2.99. The Hall–Kier alpha value is -2.33. The van der Waals surface area contributed by atoms with Crippen molar-refractivity contribution >= 4 is 11.6 Å². The fourth-order valence-electron chi connectivity index (χ4n) is 2.70. The van der Waals surface area contributed by atoms with E-state index in [1.54, 1.807) is 0 Å². The predicted molar refractivity (Wildman–Crippen MR) is 91.4 cm³/mol. The molecule has 0 aromatic heterocycles. The third-order valence-electron chi connectivity index (χ3n) is 4.22. The minimum Gasteiger partial charge on any atom is -0.492 e. The molecule has 1 saturated carbocycles. The van der Waals surface area contributed by atoms with Crippen LogP contribution in [0.3, 0.4) is 0 Å². The molecule has 0 saturated heterocycles. The molecule has 0 bridgehead atoms. The number of anilines is 1. The molecule has 0 heterocycles. The van der Waals surface area contributed by atoms with Gasteiger partial charge in [-0.15, -0.1) is 0 Å². The van der Waals surface area contributed by atoms with Crippen LogP contribution in [0.2, 0.25) is 0 Å². The number of hydrogen-bond donors (Lipinski definition) is 2. The van der Waals surface area contributed by atoms with E-state index in [9.17, 15) is 4.79 Å². The Bertz CT molecular complexity index is 649. The summed E-state index contributed by atoms with van der Waals surface area (Å²) in [5.41, 5.74) is 7.18. The van der Waals surface area contributed by atoms with Crippen molar-refractivity contribution in [2.75, 3.05) is 18.5 Å². The van der Waals surface area contributed by atoms with E-state index in [0.29, 0.717) is 13.2 Å². The van der Waals surface area contributed by atoms with Gasteiger partial charge in [-0.05, 0) is 49.1 Å². The molecule has 2 aromatic carbocycles. The summed E-state index contributed by atoms with van der Waals surface area (Å²) in [7, 11) is 0. The van der Waals surface area contributed by atoms with Gasteiger partial charge in [-0.2, -0.15) is 0 Å². The minimum atomic E-state index is -0.240. The zero-order valence-electron chi connectivity index (χ0n) is 13.1. The zero-order chi connectivity index (χ0) is 16.1. The fourth-order valence-corrected chi connectivity index (χ4v) is 2.70. The highest BCUT2D eigenvalue weighted by Gasteiger charge is 2.49. The van der Waals surface area contributed by atoms with Gasteiger partial charge in [0.15, 0.2) is 0 Å². The van der Waals surface area contributed by atoms with E-state index < -0.39 is 0 Å². The van der Waals surface area contributed by atoms with Gasteiger partial charge in [0.25, 0.3) is 0 Å². The average molecular weight is 310 g/mol. The van der Waals surface area contributed by atoms with Crippen LogP contribution >= 0.6 is 0 Å². The Kier molecular flexibility index (Phi) is 4.63. The van der Waals surface area contributed by atoms with Crippen molar-refractivity contribution in [1.29, 1.82) is 0 Å². The summed E-state index contributed by atoms with van der Waals surface area (Å²) in [6.45, 7) is 0.979. The normalized spacial score (nSPS) is 15.0. The molecule has 1 aliphatic rings. The maximum atomic E-state index is 12.6. The molecule has 1 fully saturated rings. The number of amides is 1. The van der Waals surface area contributed by atoms with Gasteiger partial charge in [-0.1, -0.05) is 30.3 Å². The van der Waals surface area contributed by atoms with Crippen LogP contribution in [0.4, 0.5) is 5.69 Å². The first-order valence-electron chi connectivity index (χ1n) is 8.00. The number of nitrogens with one attached hydrogen (secondary N) is 1. The summed E-state index contributed by atoms with van der Waals surface area (Å²) in [6, 6.07) is 17.6. The molecule has 0 unspecified atom stereocenters. The maximum Gasteiger partial charge on any atom is 0.230 e. The number of carbonyl (C=O) groups excluding carboxylic acids is 1. The van der Waals surface area contributed by atoms with Crippen LogP contribution in [0.1, 0.15) is 18.4 Å². The number of ether oxygens (including phenoxy) is 1. The summed E-state index contributed by atoms with van der Waals surface area (Å²) in [4.78, 5) is 12.6. The second-order valence-corrected chi connectivity index (χ2v) is 6.06. The number of hydrogen-bond acceptors (Lipinski definition) is 3. The van der Waals surface area contributed by atoms with Gasteiger partial charge in [0, 0.05) is 12.2 Å². The first-order valence-corrected chi connectivity index (χ1v) is 8.00. The summed E-state index contributed by atoms with van der Waals surface area (Å²) in [5.74, 6) is 0.871. The number of nitrogens with two attached hydrogens (primary N) is 1. The van der Waals surface area contributed by atoms with Crippen molar-refractivity contribution in [3.8, 4) is 5.75 Å². The molecule has 4 nitrogen and oxygen atoms in total. The van der Waals surface area contributed by atoms with Crippen LogP contribution in [0, 0.1) is 5.41 Å². The topological polar surface area (TPSA) is 64.3 Å². The summed E-state index contributed by atoms with van der Waals surface area (Å²) in [5, 5.41) is 3.03. The van der Waals surface area contributed by atoms with Crippen molar-refractivity contribution in [3.05, 3.63) is 60.2 Å². The molecular formula is C19H22N2O2. The lowest BCUT2D eigenvalue weighted by molar-refractivity contribution is -0.121. The third-order valence-corrected chi connectivity index (χ3v) is 4.22. The molecule has 0 radical (unpaired) electrons. The molecule has 3 rings (SSSR count). The molecule has 1 aliphatic carbocycles. The Morgan fingerprint density at radius 2 is 1.78 bits per heavy atom. The van der Waals surface area contributed by atoms with E-state index in [1.807, 2.05) is 42.5 Å². The van der Waals surface area contributed by atoms with Gasteiger partial charge in [-0.3, -0.25) is 4.79 Å². The lowest BCUT2D eigenvalue weighted by Gasteiger charge is -2.15. The van der Waals surface area contributed by atoms with Crippen LogP contribution in [0.15, 0.2) is 54.6 Å². The quantitative estimate of drug-likeness (QED) is 0.826. The molecule has 1 amide bonds. The molecule has 0 aliphatic heterocycles. The molecule has 120 valence electrons. The van der Waals surface area contributed by atoms with Crippen LogP contribution < -0.4 is 15.8 Å². The molecule has 0 atom stereocenters. The van der Waals surface area contributed by atoms with Crippen LogP contribution in [0.25, 0.3) is 0 Å². The number of carbonyl (C=O) groups is 1. The van der Waals surface area contributed by atoms with E-state index in [-0.39, 0.29) is 11.3 Å². The smallest absolute Gasteiger partial charge is 0.230 e. The first-order chi connectivity index (χ1) is 11.2. The van der Waals surface area contributed by atoms with E-state index in [2.05, 4.69) is 17.4 Å². The summed E-state index contributed by atoms with van der Waals surface area (Å²) < 4.78 is 5.44. The van der Waals surface area contributed by atoms with E-state index >= 15 is 0 Å². The average Bonchev–Trinajstić information content (AvgIpc) is 3.36. The summed E-state index contributed by atoms with van der Waals surface area (Å²) in [6.07, 6.45) is 2.70. The van der Waals surface area contributed by atoms with Gasteiger partial charge in [0.1, 0.15) is 12.4 Å². The molecule has 3 N–H and O–H groups in total. The third kappa shape index (κ3) is 3.90. The second-order valence-electron chi connectivity index (χ2n) is 6.06. The van der Waals surface area contributed by atoms with Crippen LogP contribution in [-0.2, 0) is 11.2 Å². The van der Waals surface area contributed by atoms with Crippen molar-refractivity contribution < 1.29 is 9.53 Å². The lowest BCUT2D eigenvalue weighted by Crippen LogP contribution is -2.26. The number of benzene rings is 2.